The van der Waals surface area contributed by atoms with E-state index in [2.05, 4.69) is 0 Å². The van der Waals surface area contributed by atoms with Gasteiger partial charge in [-0.2, -0.15) is 0 Å². The Morgan fingerprint density at radius 1 is 0.742 bits per heavy atom. The SMILES string of the molecule is CC[C@H]1O[C@@H](OC2[C@H](O[C@H]3OC(CO)[C@@H](O)[C@H](O)C3N)C(N)C[C@@H](N)[C@H]2O)C(O)C1O. The molecule has 1 aliphatic carbocycles. The Morgan fingerprint density at radius 2 is 1.32 bits per heavy atom. The highest BCUT2D eigenvalue weighted by molar-refractivity contribution is 5.01. The van der Waals surface area contributed by atoms with Crippen LogP contribution in [0.3, 0.4) is 0 Å². The van der Waals surface area contributed by atoms with Crippen LogP contribution in [0.1, 0.15) is 19.8 Å². The van der Waals surface area contributed by atoms with Crippen LogP contribution in [-0.4, -0.2) is 123 Å². The molecule has 31 heavy (non-hydrogen) atoms. The van der Waals surface area contributed by atoms with Crippen molar-refractivity contribution in [3.63, 3.8) is 0 Å². The van der Waals surface area contributed by atoms with Gasteiger partial charge in [0.25, 0.3) is 0 Å². The summed E-state index contributed by atoms with van der Waals surface area (Å²) in [6, 6.07) is -2.69. The van der Waals surface area contributed by atoms with Gasteiger partial charge in [-0.25, -0.2) is 0 Å². The standard InChI is InChI=1S/C18H35N3O10/c1-2-7-11(24)14(27)18(28-7)31-16-10(23)5(19)3-6(20)15(16)30-17-9(21)13(26)12(25)8(4-22)29-17/h5-18,22-27H,2-4,19-21H2,1H3/t5-,6?,7-,8?,9?,10-,11?,12-,13-,14?,15-,16?,17-,18+/m1/s1. The Bertz CT molecular complexity index is 589. The van der Waals surface area contributed by atoms with Gasteiger partial charge in [0.2, 0.25) is 0 Å². The van der Waals surface area contributed by atoms with Gasteiger partial charge in [0.1, 0.15) is 42.7 Å². The molecule has 2 heterocycles. The fourth-order valence-electron chi connectivity index (χ4n) is 4.31. The molecule has 13 nitrogen and oxygen atoms in total. The minimum absolute atomic E-state index is 0.163. The van der Waals surface area contributed by atoms with Gasteiger partial charge in [-0.1, -0.05) is 6.92 Å². The van der Waals surface area contributed by atoms with E-state index in [9.17, 15) is 30.6 Å². The number of nitrogens with two attached hydrogens (primary N) is 3. The molecule has 0 aromatic heterocycles. The molecule has 3 aliphatic rings. The van der Waals surface area contributed by atoms with Crippen LogP contribution in [0.15, 0.2) is 0 Å². The van der Waals surface area contributed by atoms with Crippen molar-refractivity contribution in [2.75, 3.05) is 6.61 Å². The zero-order valence-corrected chi connectivity index (χ0v) is 17.3. The maximum atomic E-state index is 10.7. The zero-order chi connectivity index (χ0) is 23.0. The van der Waals surface area contributed by atoms with E-state index in [1.807, 2.05) is 0 Å². The van der Waals surface area contributed by atoms with Crippen molar-refractivity contribution in [3.05, 3.63) is 0 Å². The Hall–Kier alpha value is -0.520. The summed E-state index contributed by atoms with van der Waals surface area (Å²) in [7, 11) is 0. The molecule has 0 aromatic carbocycles. The van der Waals surface area contributed by atoms with Crippen LogP contribution in [0.25, 0.3) is 0 Å². The zero-order valence-electron chi connectivity index (χ0n) is 17.3. The van der Waals surface area contributed by atoms with E-state index in [0.29, 0.717) is 6.42 Å². The molecular weight excluding hydrogens is 418 g/mol. The van der Waals surface area contributed by atoms with Crippen LogP contribution in [0.4, 0.5) is 0 Å². The van der Waals surface area contributed by atoms with Crippen LogP contribution in [-0.2, 0) is 18.9 Å². The molecule has 3 fully saturated rings. The lowest BCUT2D eigenvalue weighted by Gasteiger charge is -2.47. The molecule has 0 bridgehead atoms. The van der Waals surface area contributed by atoms with Crippen LogP contribution in [0, 0.1) is 0 Å². The number of ether oxygens (including phenoxy) is 4. The first-order chi connectivity index (χ1) is 14.6. The van der Waals surface area contributed by atoms with E-state index in [0.717, 1.165) is 0 Å². The molecule has 2 aliphatic heterocycles. The largest absolute Gasteiger partial charge is 0.394 e. The second-order valence-corrected chi connectivity index (χ2v) is 8.47. The molecule has 0 amide bonds. The third kappa shape index (κ3) is 4.89. The third-order valence-electron chi connectivity index (χ3n) is 6.30. The molecule has 2 saturated heterocycles. The summed E-state index contributed by atoms with van der Waals surface area (Å²) in [5.74, 6) is 0. The molecular formula is C18H35N3O10. The minimum Gasteiger partial charge on any atom is -0.394 e. The molecule has 6 unspecified atom stereocenters. The Kier molecular flexibility index (Phi) is 8.24. The summed E-state index contributed by atoms with van der Waals surface area (Å²) in [5, 5.41) is 60.5. The summed E-state index contributed by atoms with van der Waals surface area (Å²) in [6.07, 6.45) is -12.7. The van der Waals surface area contributed by atoms with E-state index in [1.54, 1.807) is 6.92 Å². The summed E-state index contributed by atoms with van der Waals surface area (Å²) < 4.78 is 22.7. The van der Waals surface area contributed by atoms with Gasteiger partial charge in [0.05, 0.1) is 24.9 Å². The number of rotatable bonds is 6. The van der Waals surface area contributed by atoms with Gasteiger partial charge in [-0.05, 0) is 12.8 Å². The van der Waals surface area contributed by atoms with E-state index >= 15 is 0 Å². The second-order valence-electron chi connectivity index (χ2n) is 8.47. The van der Waals surface area contributed by atoms with Gasteiger partial charge in [-0.15, -0.1) is 0 Å². The number of aliphatic hydroxyl groups excluding tert-OH is 6. The molecule has 0 radical (unpaired) electrons. The van der Waals surface area contributed by atoms with Crippen LogP contribution >= 0.6 is 0 Å². The van der Waals surface area contributed by atoms with Crippen molar-refractivity contribution >= 4 is 0 Å². The van der Waals surface area contributed by atoms with Crippen molar-refractivity contribution in [3.8, 4) is 0 Å². The highest BCUT2D eigenvalue weighted by Gasteiger charge is 2.51. The lowest BCUT2D eigenvalue weighted by atomic mass is 9.84. The molecule has 0 aromatic rings. The first-order valence-electron chi connectivity index (χ1n) is 10.5. The second kappa shape index (κ2) is 10.2. The lowest BCUT2D eigenvalue weighted by Crippen LogP contribution is -2.68. The Labute approximate surface area is 179 Å². The smallest absolute Gasteiger partial charge is 0.187 e. The van der Waals surface area contributed by atoms with Crippen molar-refractivity contribution in [2.45, 2.75) is 105 Å². The quantitative estimate of drug-likeness (QED) is 0.183. The van der Waals surface area contributed by atoms with Crippen molar-refractivity contribution in [2.24, 2.45) is 17.2 Å². The van der Waals surface area contributed by atoms with E-state index < -0.39 is 92.2 Å². The first-order valence-corrected chi connectivity index (χ1v) is 10.5. The van der Waals surface area contributed by atoms with E-state index in [-0.39, 0.29) is 6.42 Å². The number of hydrogen-bond donors (Lipinski definition) is 9. The molecule has 3 rings (SSSR count). The summed E-state index contributed by atoms with van der Waals surface area (Å²) in [5.41, 5.74) is 18.1. The van der Waals surface area contributed by atoms with E-state index in [1.165, 1.54) is 0 Å². The minimum atomic E-state index is -1.44. The molecule has 1 saturated carbocycles. The fraction of sp³-hybridized carbons (Fsp3) is 1.00. The van der Waals surface area contributed by atoms with Gasteiger partial charge in [-0.3, -0.25) is 0 Å². The molecule has 13 heteroatoms. The van der Waals surface area contributed by atoms with Gasteiger partial charge >= 0.3 is 0 Å². The topological polar surface area (TPSA) is 236 Å². The molecule has 0 spiro atoms. The van der Waals surface area contributed by atoms with E-state index in [4.69, 9.17) is 36.1 Å². The van der Waals surface area contributed by atoms with Crippen LogP contribution in [0.2, 0.25) is 0 Å². The lowest BCUT2D eigenvalue weighted by molar-refractivity contribution is -0.310. The normalized spacial score (nSPS) is 53.6. The van der Waals surface area contributed by atoms with Gasteiger partial charge in [0, 0.05) is 12.1 Å². The maximum absolute atomic E-state index is 10.7. The van der Waals surface area contributed by atoms with Crippen molar-refractivity contribution < 1.29 is 49.6 Å². The predicted molar refractivity (Wildman–Crippen MR) is 103 cm³/mol. The van der Waals surface area contributed by atoms with Crippen LogP contribution < -0.4 is 17.2 Å². The Morgan fingerprint density at radius 3 is 1.90 bits per heavy atom. The first kappa shape index (κ1) is 25.1. The molecule has 12 N–H and O–H groups in total. The summed E-state index contributed by atoms with van der Waals surface area (Å²) >= 11 is 0. The summed E-state index contributed by atoms with van der Waals surface area (Å²) in [4.78, 5) is 0. The van der Waals surface area contributed by atoms with Crippen molar-refractivity contribution in [1.82, 2.24) is 0 Å². The average molecular weight is 453 g/mol. The molecule has 182 valence electrons. The predicted octanol–water partition coefficient (Wildman–Crippen LogP) is -5.20. The Balaban J connectivity index is 1.78. The highest BCUT2D eigenvalue weighted by atomic mass is 16.7. The third-order valence-corrected chi connectivity index (χ3v) is 6.30. The average Bonchev–Trinajstić information content (AvgIpc) is 3.02. The maximum Gasteiger partial charge on any atom is 0.187 e. The van der Waals surface area contributed by atoms with Gasteiger partial charge < -0.3 is 66.8 Å². The van der Waals surface area contributed by atoms with Crippen molar-refractivity contribution in [1.29, 1.82) is 0 Å². The molecule has 14 atom stereocenters. The number of aliphatic hydroxyl groups is 6. The fourth-order valence-corrected chi connectivity index (χ4v) is 4.31. The monoisotopic (exact) mass is 453 g/mol. The van der Waals surface area contributed by atoms with Gasteiger partial charge in [0.15, 0.2) is 12.6 Å². The summed E-state index contributed by atoms with van der Waals surface area (Å²) in [6.45, 7) is 1.18. The highest BCUT2D eigenvalue weighted by Crippen LogP contribution is 2.32. The van der Waals surface area contributed by atoms with Crippen LogP contribution in [0.5, 0.6) is 0 Å². The number of hydrogen-bond acceptors (Lipinski definition) is 13.